The molecule has 0 saturated carbocycles. The molecule has 0 atom stereocenters. The molecule has 114 valence electrons. The first-order valence-corrected chi connectivity index (χ1v) is 6.90. The molecule has 0 aliphatic carbocycles. The van der Waals surface area contributed by atoms with Gasteiger partial charge in [-0.05, 0) is 24.2 Å². The van der Waals surface area contributed by atoms with Crippen LogP contribution in [-0.2, 0) is 19.1 Å². The van der Waals surface area contributed by atoms with Crippen LogP contribution < -0.4 is 5.32 Å². The van der Waals surface area contributed by atoms with E-state index < -0.39 is 11.7 Å². The van der Waals surface area contributed by atoms with Crippen molar-refractivity contribution in [3.05, 3.63) is 47.5 Å². The number of nitrogens with one attached hydrogen (secondary N) is 1. The third kappa shape index (κ3) is 3.44. The molecule has 0 aliphatic rings. The van der Waals surface area contributed by atoms with Crippen molar-refractivity contribution in [3.8, 4) is 5.69 Å². The lowest BCUT2D eigenvalue weighted by Gasteiger charge is -2.16. The minimum atomic E-state index is -4.37. The van der Waals surface area contributed by atoms with E-state index in [-0.39, 0.29) is 12.1 Å². The molecule has 0 unspecified atom stereocenters. The second kappa shape index (κ2) is 6.30. The molecule has 21 heavy (non-hydrogen) atoms. The second-order valence-corrected chi connectivity index (χ2v) is 4.69. The van der Waals surface area contributed by atoms with Gasteiger partial charge < -0.3 is 9.88 Å². The number of benzene rings is 1. The van der Waals surface area contributed by atoms with Crippen molar-refractivity contribution in [1.82, 2.24) is 14.9 Å². The molecule has 0 amide bonds. The second-order valence-electron chi connectivity index (χ2n) is 4.69. The normalized spacial score (nSPS) is 11.9. The van der Waals surface area contributed by atoms with Crippen LogP contribution >= 0.6 is 0 Å². The van der Waals surface area contributed by atoms with Crippen molar-refractivity contribution in [2.45, 2.75) is 33.0 Å². The molecule has 0 saturated heterocycles. The fraction of sp³-hybridized carbons (Fsp3) is 0.400. The van der Waals surface area contributed by atoms with Crippen molar-refractivity contribution in [3.63, 3.8) is 0 Å². The van der Waals surface area contributed by atoms with Gasteiger partial charge in [0.25, 0.3) is 0 Å². The Balaban J connectivity index is 2.46. The highest BCUT2D eigenvalue weighted by molar-refractivity contribution is 5.43. The Kier molecular flexibility index (Phi) is 4.67. The van der Waals surface area contributed by atoms with Crippen LogP contribution in [0.2, 0.25) is 0 Å². The van der Waals surface area contributed by atoms with Gasteiger partial charge >= 0.3 is 6.18 Å². The first-order valence-electron chi connectivity index (χ1n) is 6.90. The topological polar surface area (TPSA) is 29.9 Å². The third-order valence-corrected chi connectivity index (χ3v) is 3.28. The summed E-state index contributed by atoms with van der Waals surface area (Å²) >= 11 is 0. The Bertz CT molecular complexity index is 602. The van der Waals surface area contributed by atoms with Crippen LogP contribution in [0.3, 0.4) is 0 Å². The first kappa shape index (κ1) is 15.6. The average Bonchev–Trinajstić information content (AvgIpc) is 2.92. The monoisotopic (exact) mass is 297 g/mol. The van der Waals surface area contributed by atoms with Gasteiger partial charge in [-0.3, -0.25) is 0 Å². The molecule has 1 aromatic heterocycles. The molecule has 0 aliphatic heterocycles. The van der Waals surface area contributed by atoms with Gasteiger partial charge in [0.05, 0.1) is 5.56 Å². The minimum absolute atomic E-state index is 0.205. The van der Waals surface area contributed by atoms with E-state index >= 15 is 0 Å². The molecule has 0 fully saturated rings. The molecule has 3 nitrogen and oxygen atoms in total. The van der Waals surface area contributed by atoms with E-state index in [1.165, 1.54) is 12.1 Å². The highest BCUT2D eigenvalue weighted by Crippen LogP contribution is 2.33. The van der Waals surface area contributed by atoms with Gasteiger partial charge in [0, 0.05) is 31.0 Å². The summed E-state index contributed by atoms with van der Waals surface area (Å²) in [6, 6.07) is 4.41. The number of aryl methyl sites for hydroxylation is 1. The van der Waals surface area contributed by atoms with Crippen LogP contribution in [0.25, 0.3) is 5.69 Å². The summed E-state index contributed by atoms with van der Waals surface area (Å²) < 4.78 is 41.4. The fourth-order valence-corrected chi connectivity index (χ4v) is 2.22. The number of imidazole rings is 1. The molecule has 0 bridgehead atoms. The molecule has 1 aromatic carbocycles. The van der Waals surface area contributed by atoms with E-state index in [1.54, 1.807) is 23.0 Å². The summed E-state index contributed by atoms with van der Waals surface area (Å²) in [7, 11) is 0. The predicted octanol–water partition coefficient (Wildman–Crippen LogP) is 3.56. The van der Waals surface area contributed by atoms with Gasteiger partial charge in [0.15, 0.2) is 0 Å². The Morgan fingerprint density at radius 3 is 2.62 bits per heavy atom. The van der Waals surface area contributed by atoms with E-state index in [9.17, 15) is 13.2 Å². The van der Waals surface area contributed by atoms with Gasteiger partial charge in [0.2, 0.25) is 0 Å². The summed E-state index contributed by atoms with van der Waals surface area (Å²) in [4.78, 5) is 4.14. The third-order valence-electron chi connectivity index (χ3n) is 3.28. The molecule has 6 heteroatoms. The maximum absolute atomic E-state index is 13.2. The van der Waals surface area contributed by atoms with Gasteiger partial charge in [-0.1, -0.05) is 19.9 Å². The fourth-order valence-electron chi connectivity index (χ4n) is 2.22. The van der Waals surface area contributed by atoms with Crippen molar-refractivity contribution < 1.29 is 13.2 Å². The maximum atomic E-state index is 13.2. The Morgan fingerprint density at radius 1 is 1.24 bits per heavy atom. The summed E-state index contributed by atoms with van der Waals surface area (Å²) in [5.41, 5.74) is 0.139. The smallest absolute Gasteiger partial charge is 0.313 e. The molecular weight excluding hydrogens is 279 g/mol. The lowest BCUT2D eigenvalue weighted by atomic mass is 10.1. The largest absolute Gasteiger partial charge is 0.416 e. The summed E-state index contributed by atoms with van der Waals surface area (Å²) in [5.74, 6) is 0.738. The van der Waals surface area contributed by atoms with Gasteiger partial charge in [-0.15, -0.1) is 0 Å². The van der Waals surface area contributed by atoms with Gasteiger partial charge in [-0.25, -0.2) is 4.98 Å². The lowest BCUT2D eigenvalue weighted by Crippen LogP contribution is -2.17. The van der Waals surface area contributed by atoms with E-state index in [4.69, 9.17) is 0 Å². The Morgan fingerprint density at radius 2 is 2.00 bits per heavy atom. The summed E-state index contributed by atoms with van der Waals surface area (Å²) in [6.45, 7) is 4.61. The number of hydrogen-bond donors (Lipinski definition) is 1. The van der Waals surface area contributed by atoms with Crippen molar-refractivity contribution in [2.24, 2.45) is 0 Å². The van der Waals surface area contributed by atoms with E-state index in [0.29, 0.717) is 18.7 Å². The number of alkyl halides is 3. The molecule has 1 heterocycles. The van der Waals surface area contributed by atoms with Crippen LogP contribution in [0, 0.1) is 0 Å². The summed E-state index contributed by atoms with van der Waals surface area (Å²) in [6.07, 6.45) is -0.432. The zero-order chi connectivity index (χ0) is 15.5. The number of aromatic nitrogens is 2. The van der Waals surface area contributed by atoms with Crippen molar-refractivity contribution >= 4 is 0 Å². The lowest BCUT2D eigenvalue weighted by molar-refractivity contribution is -0.138. The zero-order valence-electron chi connectivity index (χ0n) is 12.0. The molecule has 1 N–H and O–H groups in total. The van der Waals surface area contributed by atoms with Gasteiger partial charge in [0.1, 0.15) is 5.82 Å². The molecular formula is C15H18F3N3. The van der Waals surface area contributed by atoms with E-state index in [2.05, 4.69) is 10.3 Å². The maximum Gasteiger partial charge on any atom is 0.416 e. The quantitative estimate of drug-likeness (QED) is 0.914. The minimum Gasteiger partial charge on any atom is -0.313 e. The van der Waals surface area contributed by atoms with Crippen LogP contribution in [0.1, 0.15) is 30.8 Å². The number of nitrogens with zero attached hydrogens (tertiary/aromatic N) is 2. The molecule has 0 spiro atoms. The van der Waals surface area contributed by atoms with E-state index in [0.717, 1.165) is 5.82 Å². The van der Waals surface area contributed by atoms with Gasteiger partial charge in [-0.2, -0.15) is 13.2 Å². The number of halogens is 3. The van der Waals surface area contributed by atoms with Crippen LogP contribution in [0.5, 0.6) is 0 Å². The van der Waals surface area contributed by atoms with E-state index in [1.807, 2.05) is 13.8 Å². The van der Waals surface area contributed by atoms with Crippen LogP contribution in [0.4, 0.5) is 13.2 Å². The predicted molar refractivity (Wildman–Crippen MR) is 75.3 cm³/mol. The molecule has 0 radical (unpaired) electrons. The van der Waals surface area contributed by atoms with Crippen LogP contribution in [0.15, 0.2) is 30.6 Å². The zero-order valence-corrected chi connectivity index (χ0v) is 12.0. The Labute approximate surface area is 121 Å². The molecule has 2 rings (SSSR count). The van der Waals surface area contributed by atoms with Crippen molar-refractivity contribution in [1.29, 1.82) is 0 Å². The highest BCUT2D eigenvalue weighted by atomic mass is 19.4. The SMILES string of the molecule is CCNCc1ccc(-n2ccnc2CC)cc1C(F)(F)F. The van der Waals surface area contributed by atoms with Crippen molar-refractivity contribution in [2.75, 3.05) is 6.54 Å². The number of rotatable bonds is 5. The Hall–Kier alpha value is -1.82. The molecule has 2 aromatic rings. The van der Waals surface area contributed by atoms with Crippen LogP contribution in [-0.4, -0.2) is 16.1 Å². The summed E-state index contributed by atoms with van der Waals surface area (Å²) in [5, 5.41) is 2.93. The standard InChI is InChI=1S/C15H18F3N3/c1-3-14-20-7-8-21(14)12-6-5-11(10-19-4-2)13(9-12)15(16,17)18/h5-9,19H,3-4,10H2,1-2H3. The first-order chi connectivity index (χ1) is 9.97. The average molecular weight is 297 g/mol. The highest BCUT2D eigenvalue weighted by Gasteiger charge is 2.33. The number of hydrogen-bond acceptors (Lipinski definition) is 2.